The number of carbonyl (C=O) groups excluding carboxylic acids is 2. The molecule has 0 spiro atoms. The molecule has 1 aliphatic heterocycles. The van der Waals surface area contributed by atoms with Crippen LogP contribution in [0.15, 0.2) is 72.4 Å². The van der Waals surface area contributed by atoms with Crippen molar-refractivity contribution >= 4 is 28.8 Å². The minimum absolute atomic E-state index is 0.0287. The van der Waals surface area contributed by atoms with Gasteiger partial charge in [0.15, 0.2) is 0 Å². The minimum Gasteiger partial charge on any atom is -0.497 e. The summed E-state index contributed by atoms with van der Waals surface area (Å²) >= 11 is 0. The summed E-state index contributed by atoms with van der Waals surface area (Å²) in [6.45, 7) is 0. The second-order valence-electron chi connectivity index (χ2n) is 7.07. The van der Waals surface area contributed by atoms with E-state index in [0.717, 1.165) is 4.90 Å². The fraction of sp³-hybridized carbons (Fsp3) is 0.120. The third-order valence-corrected chi connectivity index (χ3v) is 5.21. The van der Waals surface area contributed by atoms with E-state index in [9.17, 15) is 14.0 Å². The van der Waals surface area contributed by atoms with Crippen LogP contribution in [0.4, 0.5) is 15.8 Å². The lowest BCUT2D eigenvalue weighted by atomic mass is 10.0. The number of hydrogen-bond acceptors (Lipinski definition) is 6. The number of anilines is 2. The van der Waals surface area contributed by atoms with Gasteiger partial charge in [-0.25, -0.2) is 9.29 Å². The topological polar surface area (TPSA) is 77.1 Å². The van der Waals surface area contributed by atoms with Gasteiger partial charge < -0.3 is 19.5 Å². The van der Waals surface area contributed by atoms with Crippen molar-refractivity contribution < 1.29 is 28.2 Å². The Hall–Kier alpha value is -4.33. The van der Waals surface area contributed by atoms with E-state index in [4.69, 9.17) is 14.2 Å². The normalized spacial score (nSPS) is 13.4. The van der Waals surface area contributed by atoms with Crippen molar-refractivity contribution in [1.82, 2.24) is 0 Å². The van der Waals surface area contributed by atoms with Crippen LogP contribution in [-0.4, -0.2) is 33.1 Å². The molecule has 0 aromatic heterocycles. The molecule has 0 saturated carbocycles. The van der Waals surface area contributed by atoms with Gasteiger partial charge in [0.25, 0.3) is 11.8 Å². The zero-order valence-electron chi connectivity index (χ0n) is 18.2. The first-order valence-electron chi connectivity index (χ1n) is 9.99. The molecule has 0 aliphatic carbocycles. The Labute approximate surface area is 190 Å². The van der Waals surface area contributed by atoms with Gasteiger partial charge in [-0.2, -0.15) is 0 Å². The predicted octanol–water partition coefficient (Wildman–Crippen LogP) is 4.25. The summed E-state index contributed by atoms with van der Waals surface area (Å²) in [5.41, 5.74) is 1.27. The molecule has 1 heterocycles. The second kappa shape index (κ2) is 9.04. The number of nitrogens with zero attached hydrogens (tertiary/aromatic N) is 1. The molecule has 0 unspecified atom stereocenters. The summed E-state index contributed by atoms with van der Waals surface area (Å²) in [5, 5.41) is 3.04. The van der Waals surface area contributed by atoms with Crippen molar-refractivity contribution in [3.8, 4) is 17.2 Å². The van der Waals surface area contributed by atoms with Crippen molar-refractivity contribution in [3.63, 3.8) is 0 Å². The van der Waals surface area contributed by atoms with Crippen LogP contribution in [0.2, 0.25) is 0 Å². The third kappa shape index (κ3) is 3.98. The van der Waals surface area contributed by atoms with Gasteiger partial charge in [0.05, 0.1) is 38.3 Å². The molecule has 0 atom stereocenters. The molecule has 1 N–H and O–H groups in total. The maximum Gasteiger partial charge on any atom is 0.282 e. The lowest BCUT2D eigenvalue weighted by molar-refractivity contribution is -0.120. The van der Waals surface area contributed by atoms with Crippen molar-refractivity contribution in [1.29, 1.82) is 0 Å². The zero-order valence-corrected chi connectivity index (χ0v) is 18.2. The van der Waals surface area contributed by atoms with Crippen LogP contribution >= 0.6 is 0 Å². The van der Waals surface area contributed by atoms with Gasteiger partial charge in [0.1, 0.15) is 28.8 Å². The summed E-state index contributed by atoms with van der Waals surface area (Å²) in [7, 11) is 4.47. The first kappa shape index (κ1) is 21.9. The van der Waals surface area contributed by atoms with Gasteiger partial charge in [-0.1, -0.05) is 24.3 Å². The highest BCUT2D eigenvalue weighted by atomic mass is 19.1. The summed E-state index contributed by atoms with van der Waals surface area (Å²) in [6.07, 6.45) is 0. The highest BCUT2D eigenvalue weighted by molar-refractivity contribution is 6.46. The Morgan fingerprint density at radius 1 is 0.788 bits per heavy atom. The van der Waals surface area contributed by atoms with Gasteiger partial charge in [-0.05, 0) is 42.0 Å². The van der Waals surface area contributed by atoms with Gasteiger partial charge in [-0.15, -0.1) is 0 Å². The van der Waals surface area contributed by atoms with Gasteiger partial charge in [-0.3, -0.25) is 9.59 Å². The van der Waals surface area contributed by atoms with E-state index >= 15 is 0 Å². The van der Waals surface area contributed by atoms with E-state index in [1.54, 1.807) is 42.5 Å². The second-order valence-corrected chi connectivity index (χ2v) is 7.07. The largest absolute Gasteiger partial charge is 0.497 e. The lowest BCUT2D eigenvalue weighted by Crippen LogP contribution is -2.32. The number of para-hydroxylation sites is 2. The Bertz CT molecular complexity index is 1250. The molecular weight excluding hydrogens is 427 g/mol. The molecule has 1 aliphatic rings. The molecule has 8 heteroatoms. The van der Waals surface area contributed by atoms with Crippen LogP contribution in [0.5, 0.6) is 17.2 Å². The Kier molecular flexibility index (Phi) is 5.99. The first-order chi connectivity index (χ1) is 16.0. The van der Waals surface area contributed by atoms with Crippen LogP contribution in [-0.2, 0) is 9.59 Å². The van der Waals surface area contributed by atoms with E-state index in [1.807, 2.05) is 0 Å². The predicted molar refractivity (Wildman–Crippen MR) is 122 cm³/mol. The highest BCUT2D eigenvalue weighted by Crippen LogP contribution is 2.39. The van der Waals surface area contributed by atoms with Gasteiger partial charge in [0.2, 0.25) is 0 Å². The molecular formula is C25H21FN2O5. The molecule has 33 heavy (non-hydrogen) atoms. The standard InChI is InChI=1S/C25H21FN2O5/c1-31-17-12-13-18(21(14-17)33-3)27-23-22(15-8-10-16(26)11-9-15)24(29)28(25(23)30)19-6-4-5-7-20(19)32-2/h4-14,27H,1-3H3. The summed E-state index contributed by atoms with van der Waals surface area (Å²) in [6, 6.07) is 17.1. The molecule has 0 bridgehead atoms. The smallest absolute Gasteiger partial charge is 0.282 e. The molecule has 2 amide bonds. The maximum atomic E-state index is 13.6. The third-order valence-electron chi connectivity index (χ3n) is 5.21. The molecule has 0 fully saturated rings. The lowest BCUT2D eigenvalue weighted by Gasteiger charge is -2.18. The van der Waals surface area contributed by atoms with E-state index in [2.05, 4.69) is 5.32 Å². The van der Waals surface area contributed by atoms with Crippen LogP contribution in [0.25, 0.3) is 5.57 Å². The summed E-state index contributed by atoms with van der Waals surface area (Å²) in [4.78, 5) is 28.1. The Morgan fingerprint density at radius 3 is 2.15 bits per heavy atom. The average molecular weight is 448 g/mol. The molecule has 4 rings (SSSR count). The first-order valence-corrected chi connectivity index (χ1v) is 9.99. The van der Waals surface area contributed by atoms with Gasteiger partial charge >= 0.3 is 0 Å². The molecule has 0 saturated heterocycles. The number of carbonyl (C=O) groups is 2. The molecule has 7 nitrogen and oxygen atoms in total. The van der Waals surface area contributed by atoms with E-state index in [1.165, 1.54) is 45.6 Å². The van der Waals surface area contributed by atoms with Crippen LogP contribution in [0.3, 0.4) is 0 Å². The Balaban J connectivity index is 1.85. The SMILES string of the molecule is COc1ccc(NC2=C(c3ccc(F)cc3)C(=O)N(c3ccccc3OC)C2=O)c(OC)c1. The molecule has 3 aromatic rings. The number of hydrogen-bond donors (Lipinski definition) is 1. The fourth-order valence-corrected chi connectivity index (χ4v) is 3.60. The van der Waals surface area contributed by atoms with E-state index < -0.39 is 17.6 Å². The van der Waals surface area contributed by atoms with Crippen molar-refractivity contribution in [3.05, 3.63) is 83.8 Å². The average Bonchev–Trinajstić information content (AvgIpc) is 3.08. The molecule has 3 aromatic carbocycles. The van der Waals surface area contributed by atoms with Crippen LogP contribution < -0.4 is 24.4 Å². The number of ether oxygens (including phenoxy) is 3. The summed E-state index contributed by atoms with van der Waals surface area (Å²) < 4.78 is 29.6. The minimum atomic E-state index is -0.582. The van der Waals surface area contributed by atoms with Crippen molar-refractivity contribution in [2.24, 2.45) is 0 Å². The number of methoxy groups -OCH3 is 3. The Morgan fingerprint density at radius 2 is 1.48 bits per heavy atom. The monoisotopic (exact) mass is 448 g/mol. The summed E-state index contributed by atoms with van der Waals surface area (Å²) in [5.74, 6) is -0.260. The maximum absolute atomic E-state index is 13.6. The number of amides is 2. The van der Waals surface area contributed by atoms with Crippen LogP contribution in [0.1, 0.15) is 5.56 Å². The van der Waals surface area contributed by atoms with Gasteiger partial charge in [0, 0.05) is 6.07 Å². The molecule has 168 valence electrons. The van der Waals surface area contributed by atoms with Crippen LogP contribution in [0, 0.1) is 5.82 Å². The zero-order chi connectivity index (χ0) is 23.5. The molecule has 0 radical (unpaired) electrons. The quantitative estimate of drug-likeness (QED) is 0.545. The van der Waals surface area contributed by atoms with Crippen molar-refractivity contribution in [2.45, 2.75) is 0 Å². The van der Waals surface area contributed by atoms with E-state index in [0.29, 0.717) is 34.2 Å². The number of nitrogens with one attached hydrogen (secondary N) is 1. The fourth-order valence-electron chi connectivity index (χ4n) is 3.60. The number of benzene rings is 3. The van der Waals surface area contributed by atoms with Crippen molar-refractivity contribution in [2.75, 3.05) is 31.5 Å². The highest BCUT2D eigenvalue weighted by Gasteiger charge is 2.41. The number of imide groups is 1. The number of halogens is 1. The number of rotatable bonds is 7. The van der Waals surface area contributed by atoms with E-state index in [-0.39, 0.29) is 11.3 Å².